The summed E-state index contributed by atoms with van der Waals surface area (Å²) in [5.41, 5.74) is 0.875. The lowest BCUT2D eigenvalue weighted by molar-refractivity contribution is 0.0861. The molecule has 25 heavy (non-hydrogen) atoms. The van der Waals surface area contributed by atoms with Crippen molar-refractivity contribution in [3.8, 4) is 17.1 Å². The van der Waals surface area contributed by atoms with Crippen LogP contribution in [0.1, 0.15) is 11.2 Å². The third-order valence-corrected chi connectivity index (χ3v) is 4.56. The summed E-state index contributed by atoms with van der Waals surface area (Å²) in [6.07, 6.45) is 0.301. The molecule has 0 saturated carbocycles. The van der Waals surface area contributed by atoms with Gasteiger partial charge in [-0.05, 0) is 28.1 Å². The van der Waals surface area contributed by atoms with Crippen LogP contribution in [0.3, 0.4) is 0 Å². The van der Waals surface area contributed by atoms with Gasteiger partial charge in [-0.3, -0.25) is 4.79 Å². The van der Waals surface area contributed by atoms with Gasteiger partial charge in [0.05, 0.1) is 16.9 Å². The zero-order valence-electron chi connectivity index (χ0n) is 13.2. The third-order valence-electron chi connectivity index (χ3n) is 3.91. The van der Waals surface area contributed by atoms with Gasteiger partial charge in [-0.25, -0.2) is 0 Å². The van der Waals surface area contributed by atoms with Gasteiger partial charge >= 0.3 is 0 Å². The predicted octanol–water partition coefficient (Wildman–Crippen LogP) is 3.61. The molecule has 3 aromatic rings. The number of ether oxygens (including phenoxy) is 1. The van der Waals surface area contributed by atoms with E-state index in [9.17, 15) is 4.79 Å². The number of anilines is 1. The van der Waals surface area contributed by atoms with Gasteiger partial charge in [0.15, 0.2) is 5.82 Å². The van der Waals surface area contributed by atoms with Crippen LogP contribution >= 0.6 is 15.9 Å². The van der Waals surface area contributed by atoms with Crippen molar-refractivity contribution in [3.05, 3.63) is 59.1 Å². The second-order valence-electron chi connectivity index (χ2n) is 5.72. The van der Waals surface area contributed by atoms with Crippen molar-refractivity contribution < 1.29 is 9.53 Å². The molecule has 0 saturated heterocycles. The Bertz CT molecular complexity index is 910. The number of hydrogen-bond donors (Lipinski definition) is 1. The minimum Gasteiger partial charge on any atom is -0.490 e. The maximum atomic E-state index is 12.4. The van der Waals surface area contributed by atoms with E-state index in [2.05, 4.69) is 31.3 Å². The Kier molecular flexibility index (Phi) is 4.23. The first kappa shape index (κ1) is 15.8. The number of nitrogens with one attached hydrogen (secondary N) is 1. The van der Waals surface area contributed by atoms with E-state index in [1.165, 1.54) is 4.68 Å². The fraction of sp³-hybridized carbons (Fsp3) is 0.167. The van der Waals surface area contributed by atoms with Crippen LogP contribution in [0.2, 0.25) is 0 Å². The molecule has 1 aliphatic rings. The standard InChI is InChI=1S/C18H15BrN4O2/c19-14-8-4-5-9-15(14)25-11-13-10-16(24)23-18(20-13)21-17(22-23)12-6-2-1-3-7-12/h1-9,13H,10-11H2,(H,20,21,22). The summed E-state index contributed by atoms with van der Waals surface area (Å²) in [6.45, 7) is 0.363. The molecule has 0 fully saturated rings. The summed E-state index contributed by atoms with van der Waals surface area (Å²) in [6, 6.07) is 17.1. The van der Waals surface area contributed by atoms with Crippen LogP contribution in [0.4, 0.5) is 5.95 Å². The van der Waals surface area contributed by atoms with Gasteiger partial charge in [0, 0.05) is 5.56 Å². The van der Waals surface area contributed by atoms with E-state index >= 15 is 0 Å². The summed E-state index contributed by atoms with van der Waals surface area (Å²) in [5.74, 6) is 1.64. The van der Waals surface area contributed by atoms with Crippen LogP contribution in [0.15, 0.2) is 59.1 Å². The highest BCUT2D eigenvalue weighted by atomic mass is 79.9. The zero-order valence-corrected chi connectivity index (χ0v) is 14.8. The Morgan fingerprint density at radius 1 is 1.16 bits per heavy atom. The molecule has 0 amide bonds. The minimum absolute atomic E-state index is 0.0934. The van der Waals surface area contributed by atoms with E-state index in [-0.39, 0.29) is 11.9 Å². The number of nitrogens with zero attached hydrogens (tertiary/aromatic N) is 3. The maximum absolute atomic E-state index is 12.4. The number of rotatable bonds is 4. The molecule has 1 unspecified atom stereocenters. The van der Waals surface area contributed by atoms with Gasteiger partial charge in [-0.2, -0.15) is 9.67 Å². The van der Waals surface area contributed by atoms with Gasteiger partial charge in [0.25, 0.3) is 5.91 Å². The average molecular weight is 399 g/mol. The fourth-order valence-electron chi connectivity index (χ4n) is 2.67. The first-order chi connectivity index (χ1) is 12.2. The molecule has 1 N–H and O–H groups in total. The second-order valence-corrected chi connectivity index (χ2v) is 6.57. The van der Waals surface area contributed by atoms with Crippen molar-refractivity contribution in [1.82, 2.24) is 14.8 Å². The molecule has 0 spiro atoms. The van der Waals surface area contributed by atoms with Crippen molar-refractivity contribution >= 4 is 27.8 Å². The molecule has 126 valence electrons. The van der Waals surface area contributed by atoms with Crippen LogP contribution in [-0.4, -0.2) is 33.3 Å². The zero-order chi connectivity index (χ0) is 17.2. The predicted molar refractivity (Wildman–Crippen MR) is 97.7 cm³/mol. The average Bonchev–Trinajstić information content (AvgIpc) is 3.07. The molecule has 2 heterocycles. The number of benzene rings is 2. The molecule has 2 aromatic carbocycles. The molecule has 1 atom stereocenters. The number of carbonyl (C=O) groups excluding carboxylic acids is 1. The smallest absolute Gasteiger partial charge is 0.252 e. The number of fused-ring (bicyclic) bond motifs is 1. The number of halogens is 1. The molecular formula is C18H15BrN4O2. The normalized spacial score (nSPS) is 16.2. The lowest BCUT2D eigenvalue weighted by Gasteiger charge is -2.23. The van der Waals surface area contributed by atoms with Crippen molar-refractivity contribution in [1.29, 1.82) is 0 Å². The summed E-state index contributed by atoms with van der Waals surface area (Å²) >= 11 is 3.45. The van der Waals surface area contributed by atoms with Crippen LogP contribution < -0.4 is 10.1 Å². The highest BCUT2D eigenvalue weighted by Gasteiger charge is 2.28. The summed E-state index contributed by atoms with van der Waals surface area (Å²) in [7, 11) is 0. The molecule has 6 nitrogen and oxygen atoms in total. The van der Waals surface area contributed by atoms with Crippen LogP contribution in [-0.2, 0) is 0 Å². The van der Waals surface area contributed by atoms with Gasteiger partial charge in [-0.15, -0.1) is 5.10 Å². The molecule has 0 bridgehead atoms. The molecular weight excluding hydrogens is 384 g/mol. The second kappa shape index (κ2) is 6.68. The lowest BCUT2D eigenvalue weighted by Crippen LogP contribution is -2.38. The quantitative estimate of drug-likeness (QED) is 0.726. The van der Waals surface area contributed by atoms with E-state index in [0.717, 1.165) is 15.8 Å². The third kappa shape index (κ3) is 3.28. The lowest BCUT2D eigenvalue weighted by atomic mass is 10.2. The van der Waals surface area contributed by atoms with Crippen LogP contribution in [0.5, 0.6) is 5.75 Å². The largest absolute Gasteiger partial charge is 0.490 e. The van der Waals surface area contributed by atoms with E-state index < -0.39 is 0 Å². The molecule has 0 aliphatic carbocycles. The minimum atomic E-state index is -0.153. The molecule has 0 radical (unpaired) electrons. The van der Waals surface area contributed by atoms with E-state index in [4.69, 9.17) is 4.74 Å². The first-order valence-electron chi connectivity index (χ1n) is 7.90. The Balaban J connectivity index is 1.50. The number of hydrogen-bond acceptors (Lipinski definition) is 5. The maximum Gasteiger partial charge on any atom is 0.252 e. The summed E-state index contributed by atoms with van der Waals surface area (Å²) in [4.78, 5) is 16.8. The molecule has 4 rings (SSSR count). The van der Waals surface area contributed by atoms with Gasteiger partial charge in [0.1, 0.15) is 12.4 Å². The van der Waals surface area contributed by atoms with Crippen molar-refractivity contribution in [2.45, 2.75) is 12.5 Å². The van der Waals surface area contributed by atoms with Gasteiger partial charge in [-0.1, -0.05) is 42.5 Å². The SMILES string of the molecule is O=C1CC(COc2ccccc2Br)Nc2nc(-c3ccccc3)nn21. The van der Waals surface area contributed by atoms with Gasteiger partial charge in [0.2, 0.25) is 5.95 Å². The van der Waals surface area contributed by atoms with E-state index in [0.29, 0.717) is 24.8 Å². The van der Waals surface area contributed by atoms with Crippen molar-refractivity contribution in [2.75, 3.05) is 11.9 Å². The Labute approximate surface area is 153 Å². The Morgan fingerprint density at radius 2 is 1.92 bits per heavy atom. The highest BCUT2D eigenvalue weighted by Crippen LogP contribution is 2.25. The Morgan fingerprint density at radius 3 is 2.72 bits per heavy atom. The van der Waals surface area contributed by atoms with Crippen molar-refractivity contribution in [2.24, 2.45) is 0 Å². The fourth-order valence-corrected chi connectivity index (χ4v) is 3.07. The van der Waals surface area contributed by atoms with E-state index in [1.807, 2.05) is 54.6 Å². The van der Waals surface area contributed by atoms with E-state index in [1.54, 1.807) is 0 Å². The van der Waals surface area contributed by atoms with Crippen molar-refractivity contribution in [3.63, 3.8) is 0 Å². The highest BCUT2D eigenvalue weighted by molar-refractivity contribution is 9.10. The monoisotopic (exact) mass is 398 g/mol. The molecule has 7 heteroatoms. The molecule has 1 aromatic heterocycles. The summed E-state index contributed by atoms with van der Waals surface area (Å²) < 4.78 is 8.02. The number of para-hydroxylation sites is 1. The van der Waals surface area contributed by atoms with Gasteiger partial charge < -0.3 is 10.1 Å². The Hall–Kier alpha value is -2.67. The topological polar surface area (TPSA) is 69.0 Å². The first-order valence-corrected chi connectivity index (χ1v) is 8.69. The van der Waals surface area contributed by atoms with Crippen LogP contribution in [0, 0.1) is 0 Å². The number of aromatic nitrogens is 3. The summed E-state index contributed by atoms with van der Waals surface area (Å²) in [5, 5.41) is 7.55. The number of carbonyl (C=O) groups is 1. The molecule has 1 aliphatic heterocycles. The van der Waals surface area contributed by atoms with Crippen LogP contribution in [0.25, 0.3) is 11.4 Å².